The van der Waals surface area contributed by atoms with Gasteiger partial charge in [0.1, 0.15) is 11.6 Å². The number of carbonyl (C=O) groups is 1. The average molecular weight is 528 g/mol. The van der Waals surface area contributed by atoms with Crippen LogP contribution in [0.5, 0.6) is 17.2 Å². The predicted molar refractivity (Wildman–Crippen MR) is 141 cm³/mol. The van der Waals surface area contributed by atoms with Gasteiger partial charge in [0.2, 0.25) is 6.79 Å². The van der Waals surface area contributed by atoms with Gasteiger partial charge in [-0.15, -0.1) is 0 Å². The normalized spacial score (nSPS) is 20.6. The second-order valence-corrected chi connectivity index (χ2v) is 10.6. The van der Waals surface area contributed by atoms with Crippen molar-refractivity contribution in [2.75, 3.05) is 53.7 Å². The van der Waals surface area contributed by atoms with Gasteiger partial charge in [-0.25, -0.2) is 4.39 Å². The molecule has 38 heavy (non-hydrogen) atoms. The van der Waals surface area contributed by atoms with E-state index in [9.17, 15) is 9.18 Å². The van der Waals surface area contributed by atoms with Gasteiger partial charge in [0.15, 0.2) is 17.6 Å². The lowest BCUT2D eigenvalue weighted by atomic mass is 10.0. The maximum atomic E-state index is 14.0. The Morgan fingerprint density at radius 2 is 1.95 bits per heavy atom. The number of nitrogens with zero attached hydrogens (tertiary/aromatic N) is 3. The number of hydrogen-bond donors (Lipinski definition) is 0. The fraction of sp³-hybridized carbons (Fsp3) is 0.552. The van der Waals surface area contributed by atoms with E-state index in [0.29, 0.717) is 25.4 Å². The molecular formula is C29H38FN3O5. The van der Waals surface area contributed by atoms with Crippen LogP contribution < -0.4 is 14.2 Å². The second-order valence-electron chi connectivity index (χ2n) is 10.6. The molecule has 2 aromatic rings. The van der Waals surface area contributed by atoms with Crippen LogP contribution in [0.2, 0.25) is 0 Å². The van der Waals surface area contributed by atoms with Crippen LogP contribution in [0, 0.1) is 5.82 Å². The number of fused-ring (bicyclic) bond motifs is 1. The maximum Gasteiger partial charge on any atom is 0.264 e. The molecule has 2 fully saturated rings. The van der Waals surface area contributed by atoms with Crippen LogP contribution in [-0.4, -0.2) is 92.5 Å². The van der Waals surface area contributed by atoms with Gasteiger partial charge >= 0.3 is 0 Å². The number of likely N-dealkylation sites (tertiary alicyclic amines) is 1. The highest BCUT2D eigenvalue weighted by Gasteiger charge is 2.33. The van der Waals surface area contributed by atoms with Crippen molar-refractivity contribution >= 4 is 5.91 Å². The molecule has 3 aliphatic rings. The minimum Gasteiger partial charge on any atom is -0.479 e. The standard InChI is InChI=1S/C29H38FN3O5/c1-31-12-10-23(11-13-31)32(2)29(34)28(38-24-6-3-5-22(30)16-24)19-33(18-25-7-4-14-35-25)17-21-8-9-26-27(15-21)37-20-36-26/h3,5-6,8-9,15-16,23,25,28H,4,7,10-14,17-20H2,1-2H3. The lowest BCUT2D eigenvalue weighted by molar-refractivity contribution is -0.141. The first-order chi connectivity index (χ1) is 18.4. The summed E-state index contributed by atoms with van der Waals surface area (Å²) >= 11 is 0. The Bertz CT molecular complexity index is 1090. The van der Waals surface area contributed by atoms with Crippen molar-refractivity contribution in [3.8, 4) is 17.2 Å². The van der Waals surface area contributed by atoms with Crippen LogP contribution in [0.1, 0.15) is 31.2 Å². The summed E-state index contributed by atoms with van der Waals surface area (Å²) in [6.07, 6.45) is 3.15. The van der Waals surface area contributed by atoms with Gasteiger partial charge < -0.3 is 28.7 Å². The van der Waals surface area contributed by atoms with Crippen molar-refractivity contribution in [1.82, 2.24) is 14.7 Å². The van der Waals surface area contributed by atoms with Gasteiger partial charge in [0, 0.05) is 45.4 Å². The summed E-state index contributed by atoms with van der Waals surface area (Å²) < 4.78 is 37.2. The summed E-state index contributed by atoms with van der Waals surface area (Å²) in [5.74, 6) is 1.33. The van der Waals surface area contributed by atoms with Crippen molar-refractivity contribution in [2.24, 2.45) is 0 Å². The molecule has 0 radical (unpaired) electrons. The molecule has 0 aromatic heterocycles. The monoisotopic (exact) mass is 527 g/mol. The minimum absolute atomic E-state index is 0.0909. The van der Waals surface area contributed by atoms with E-state index >= 15 is 0 Å². The number of ether oxygens (including phenoxy) is 4. The van der Waals surface area contributed by atoms with Gasteiger partial charge in [-0.2, -0.15) is 0 Å². The van der Waals surface area contributed by atoms with Crippen molar-refractivity contribution in [3.05, 3.63) is 53.8 Å². The van der Waals surface area contributed by atoms with Crippen molar-refractivity contribution in [2.45, 2.75) is 50.5 Å². The molecule has 2 aromatic carbocycles. The SMILES string of the molecule is CN1CCC(N(C)C(=O)C(CN(Cc2ccc3c(c2)OCO3)CC2CCCO2)Oc2cccc(F)c2)CC1. The van der Waals surface area contributed by atoms with E-state index in [4.69, 9.17) is 18.9 Å². The zero-order valence-corrected chi connectivity index (χ0v) is 22.3. The highest BCUT2D eigenvalue weighted by atomic mass is 19.1. The van der Waals surface area contributed by atoms with E-state index in [1.807, 2.05) is 30.1 Å². The first kappa shape index (κ1) is 26.7. The summed E-state index contributed by atoms with van der Waals surface area (Å²) in [5.41, 5.74) is 1.05. The summed E-state index contributed by atoms with van der Waals surface area (Å²) in [4.78, 5) is 20.2. The van der Waals surface area contributed by atoms with Crippen LogP contribution in [0.25, 0.3) is 0 Å². The first-order valence-electron chi connectivity index (χ1n) is 13.5. The van der Waals surface area contributed by atoms with Gasteiger partial charge in [-0.1, -0.05) is 12.1 Å². The molecule has 0 saturated carbocycles. The molecule has 206 valence electrons. The molecule has 5 rings (SSSR count). The number of piperidine rings is 1. The Balaban J connectivity index is 1.36. The number of likely N-dealkylation sites (N-methyl/N-ethyl adjacent to an activating group) is 1. The van der Waals surface area contributed by atoms with Crippen LogP contribution >= 0.6 is 0 Å². The third-order valence-corrected chi connectivity index (χ3v) is 7.69. The van der Waals surface area contributed by atoms with E-state index in [1.165, 1.54) is 12.1 Å². The predicted octanol–water partition coefficient (Wildman–Crippen LogP) is 3.54. The van der Waals surface area contributed by atoms with Crippen LogP contribution in [0.3, 0.4) is 0 Å². The molecule has 3 aliphatic heterocycles. The van der Waals surface area contributed by atoms with Gasteiger partial charge in [0.05, 0.1) is 6.10 Å². The lowest BCUT2D eigenvalue weighted by Crippen LogP contribution is -2.52. The Hall–Kier alpha value is -2.88. The van der Waals surface area contributed by atoms with E-state index < -0.39 is 11.9 Å². The Kier molecular flexibility index (Phi) is 8.66. The molecule has 0 aliphatic carbocycles. The second kappa shape index (κ2) is 12.3. The Morgan fingerprint density at radius 3 is 2.71 bits per heavy atom. The zero-order chi connectivity index (χ0) is 26.5. The summed E-state index contributed by atoms with van der Waals surface area (Å²) in [6, 6.07) is 12.1. The molecule has 2 atom stereocenters. The molecule has 8 nitrogen and oxygen atoms in total. The van der Waals surface area contributed by atoms with Crippen LogP contribution in [0.15, 0.2) is 42.5 Å². The average Bonchev–Trinajstić information content (AvgIpc) is 3.60. The fourth-order valence-corrected chi connectivity index (χ4v) is 5.47. The maximum absolute atomic E-state index is 14.0. The van der Waals surface area contributed by atoms with E-state index in [-0.39, 0.29) is 24.8 Å². The topological polar surface area (TPSA) is 63.7 Å². The molecule has 3 heterocycles. The molecule has 0 N–H and O–H groups in total. The zero-order valence-electron chi connectivity index (χ0n) is 22.3. The number of hydrogen-bond acceptors (Lipinski definition) is 7. The number of carbonyl (C=O) groups excluding carboxylic acids is 1. The Labute approximate surface area is 224 Å². The molecule has 0 bridgehead atoms. The smallest absolute Gasteiger partial charge is 0.264 e. The van der Waals surface area contributed by atoms with Gasteiger partial charge in [0.25, 0.3) is 5.91 Å². The van der Waals surface area contributed by atoms with Crippen LogP contribution in [-0.2, 0) is 16.1 Å². The van der Waals surface area contributed by atoms with E-state index in [2.05, 4.69) is 16.8 Å². The molecule has 2 unspecified atom stereocenters. The number of amides is 1. The highest BCUT2D eigenvalue weighted by molar-refractivity contribution is 5.81. The summed E-state index contributed by atoms with van der Waals surface area (Å²) in [7, 11) is 3.97. The lowest BCUT2D eigenvalue weighted by Gasteiger charge is -2.37. The third kappa shape index (κ3) is 6.76. The van der Waals surface area contributed by atoms with E-state index in [1.54, 1.807) is 12.1 Å². The molecule has 0 spiro atoms. The molecular weight excluding hydrogens is 489 g/mol. The quantitative estimate of drug-likeness (QED) is 0.469. The fourth-order valence-electron chi connectivity index (χ4n) is 5.47. The summed E-state index contributed by atoms with van der Waals surface area (Å²) in [6.45, 7) is 4.48. The largest absolute Gasteiger partial charge is 0.479 e. The molecule has 2 saturated heterocycles. The van der Waals surface area contributed by atoms with Crippen molar-refractivity contribution in [1.29, 1.82) is 0 Å². The summed E-state index contributed by atoms with van der Waals surface area (Å²) in [5, 5.41) is 0. The number of rotatable bonds is 10. The van der Waals surface area contributed by atoms with Crippen molar-refractivity contribution in [3.63, 3.8) is 0 Å². The highest BCUT2D eigenvalue weighted by Crippen LogP contribution is 2.33. The van der Waals surface area contributed by atoms with Crippen LogP contribution in [0.4, 0.5) is 4.39 Å². The van der Waals surface area contributed by atoms with Gasteiger partial charge in [-0.3, -0.25) is 9.69 Å². The van der Waals surface area contributed by atoms with Crippen molar-refractivity contribution < 1.29 is 28.1 Å². The third-order valence-electron chi connectivity index (χ3n) is 7.69. The first-order valence-corrected chi connectivity index (χ1v) is 13.5. The molecule has 9 heteroatoms. The minimum atomic E-state index is -0.795. The molecule has 1 amide bonds. The van der Waals surface area contributed by atoms with E-state index in [0.717, 1.165) is 62.4 Å². The Morgan fingerprint density at radius 1 is 1.13 bits per heavy atom. The van der Waals surface area contributed by atoms with Gasteiger partial charge in [-0.05, 0) is 75.6 Å². The number of benzene rings is 2. The number of halogens is 1.